The maximum Gasteiger partial charge on any atom is 0.131 e. The van der Waals surface area contributed by atoms with Gasteiger partial charge in [0.15, 0.2) is 0 Å². The van der Waals surface area contributed by atoms with Crippen LogP contribution in [0.4, 0.5) is 4.39 Å². The van der Waals surface area contributed by atoms with Crippen molar-refractivity contribution in [3.05, 3.63) is 33.5 Å². The van der Waals surface area contributed by atoms with Gasteiger partial charge in [-0.3, -0.25) is 0 Å². The van der Waals surface area contributed by atoms with Crippen LogP contribution in [0.3, 0.4) is 0 Å². The van der Waals surface area contributed by atoms with Crippen LogP contribution in [0, 0.1) is 12.7 Å². The minimum atomic E-state index is -0.207. The molecular weight excluding hydrogens is 209 g/mol. The third-order valence-electron chi connectivity index (χ3n) is 1.58. The van der Waals surface area contributed by atoms with Gasteiger partial charge in [0.1, 0.15) is 5.82 Å². The fourth-order valence-electron chi connectivity index (χ4n) is 0.902. The maximum absolute atomic E-state index is 13.2. The van der Waals surface area contributed by atoms with E-state index in [1.165, 1.54) is 0 Å². The summed E-state index contributed by atoms with van der Waals surface area (Å²) < 4.78 is 13.9. The van der Waals surface area contributed by atoms with Crippen molar-refractivity contribution in [3.63, 3.8) is 0 Å². The van der Waals surface area contributed by atoms with E-state index in [9.17, 15) is 4.39 Å². The lowest BCUT2D eigenvalue weighted by atomic mass is 10.1. The second-order valence-corrected chi connectivity index (χ2v) is 3.22. The molecule has 0 spiro atoms. The molecule has 0 atom stereocenters. The zero-order valence-corrected chi connectivity index (χ0v) is 7.78. The molecule has 0 saturated heterocycles. The summed E-state index contributed by atoms with van der Waals surface area (Å²) in [5, 5.41) is 0. The van der Waals surface area contributed by atoms with Crippen LogP contribution in [-0.2, 0) is 6.54 Å². The summed E-state index contributed by atoms with van der Waals surface area (Å²) in [7, 11) is 0. The van der Waals surface area contributed by atoms with Crippen LogP contribution < -0.4 is 5.73 Å². The van der Waals surface area contributed by atoms with Gasteiger partial charge in [-0.05, 0) is 18.6 Å². The van der Waals surface area contributed by atoms with Crippen molar-refractivity contribution < 1.29 is 4.39 Å². The van der Waals surface area contributed by atoms with Crippen LogP contribution in [0.5, 0.6) is 0 Å². The van der Waals surface area contributed by atoms with E-state index in [0.29, 0.717) is 11.1 Å². The zero-order valence-electron chi connectivity index (χ0n) is 6.20. The third-order valence-corrected chi connectivity index (χ3v) is 2.33. The van der Waals surface area contributed by atoms with Crippen molar-refractivity contribution in [3.8, 4) is 0 Å². The van der Waals surface area contributed by atoms with Crippen LogP contribution in [-0.4, -0.2) is 0 Å². The Labute approximate surface area is 73.5 Å². The second kappa shape index (κ2) is 3.32. The molecule has 0 aromatic heterocycles. The number of rotatable bonds is 1. The van der Waals surface area contributed by atoms with E-state index < -0.39 is 0 Å². The SMILES string of the molecule is Cc1ccc(Br)c(CN)c1F. The van der Waals surface area contributed by atoms with Crippen molar-refractivity contribution in [2.75, 3.05) is 0 Å². The molecule has 0 radical (unpaired) electrons. The first-order valence-electron chi connectivity index (χ1n) is 3.30. The van der Waals surface area contributed by atoms with Crippen molar-refractivity contribution in [1.29, 1.82) is 0 Å². The summed E-state index contributed by atoms with van der Waals surface area (Å²) in [5.41, 5.74) is 6.53. The largest absolute Gasteiger partial charge is 0.326 e. The van der Waals surface area contributed by atoms with Gasteiger partial charge in [-0.25, -0.2) is 4.39 Å². The Kier molecular flexibility index (Phi) is 2.62. The van der Waals surface area contributed by atoms with Crippen LogP contribution in [0.25, 0.3) is 0 Å². The Morgan fingerprint density at radius 2 is 2.18 bits per heavy atom. The van der Waals surface area contributed by atoms with E-state index in [-0.39, 0.29) is 12.4 Å². The van der Waals surface area contributed by atoms with Crippen LogP contribution in [0.1, 0.15) is 11.1 Å². The Morgan fingerprint density at radius 1 is 1.55 bits per heavy atom. The quantitative estimate of drug-likeness (QED) is 0.769. The first-order valence-corrected chi connectivity index (χ1v) is 4.09. The molecule has 0 bridgehead atoms. The van der Waals surface area contributed by atoms with Gasteiger partial charge in [0.05, 0.1) is 0 Å². The molecule has 1 aromatic rings. The van der Waals surface area contributed by atoms with Gasteiger partial charge in [-0.1, -0.05) is 22.0 Å². The number of aryl methyl sites for hydroxylation is 1. The summed E-state index contributed by atoms with van der Waals surface area (Å²) in [6, 6.07) is 3.53. The fourth-order valence-corrected chi connectivity index (χ4v) is 1.37. The highest BCUT2D eigenvalue weighted by Gasteiger charge is 2.06. The number of halogens is 2. The van der Waals surface area contributed by atoms with Crippen molar-refractivity contribution in [1.82, 2.24) is 0 Å². The average Bonchev–Trinajstić information content (AvgIpc) is 1.99. The van der Waals surface area contributed by atoms with Crippen molar-refractivity contribution in [2.24, 2.45) is 5.73 Å². The van der Waals surface area contributed by atoms with Gasteiger partial charge in [0, 0.05) is 16.6 Å². The number of benzene rings is 1. The standard InChI is InChI=1S/C8H9BrFN/c1-5-2-3-7(9)6(4-11)8(5)10/h2-3H,4,11H2,1H3. The van der Waals surface area contributed by atoms with Gasteiger partial charge < -0.3 is 5.73 Å². The molecule has 0 fully saturated rings. The van der Waals surface area contributed by atoms with Gasteiger partial charge in [-0.2, -0.15) is 0 Å². The molecule has 0 heterocycles. The lowest BCUT2D eigenvalue weighted by Gasteiger charge is -2.04. The molecule has 0 unspecified atom stereocenters. The maximum atomic E-state index is 13.2. The van der Waals surface area contributed by atoms with Crippen molar-refractivity contribution >= 4 is 15.9 Å². The predicted molar refractivity (Wildman–Crippen MR) is 46.7 cm³/mol. The topological polar surface area (TPSA) is 26.0 Å². The smallest absolute Gasteiger partial charge is 0.131 e. The summed E-state index contributed by atoms with van der Waals surface area (Å²) in [6.45, 7) is 1.95. The Bertz CT molecular complexity index is 273. The summed E-state index contributed by atoms with van der Waals surface area (Å²) in [5.74, 6) is -0.207. The zero-order chi connectivity index (χ0) is 8.43. The third kappa shape index (κ3) is 1.60. The molecule has 0 aliphatic rings. The molecule has 0 saturated carbocycles. The molecule has 1 aromatic carbocycles. The predicted octanol–water partition coefficient (Wildman–Crippen LogP) is 2.36. The van der Waals surface area contributed by atoms with E-state index in [1.54, 1.807) is 19.1 Å². The average molecular weight is 218 g/mol. The number of hydrogen-bond donors (Lipinski definition) is 1. The summed E-state index contributed by atoms with van der Waals surface area (Å²) >= 11 is 3.22. The van der Waals surface area contributed by atoms with Crippen LogP contribution in [0.15, 0.2) is 16.6 Å². The molecule has 0 aliphatic heterocycles. The molecule has 1 nitrogen and oxygen atoms in total. The molecule has 11 heavy (non-hydrogen) atoms. The van der Waals surface area contributed by atoms with Gasteiger partial charge in [0.2, 0.25) is 0 Å². The highest BCUT2D eigenvalue weighted by molar-refractivity contribution is 9.10. The minimum absolute atomic E-state index is 0.207. The number of nitrogens with two attached hydrogens (primary N) is 1. The van der Waals surface area contributed by atoms with E-state index >= 15 is 0 Å². The molecule has 1 rings (SSSR count). The molecular formula is C8H9BrFN. The Hall–Kier alpha value is -0.410. The Morgan fingerprint density at radius 3 is 2.64 bits per heavy atom. The molecule has 0 aliphatic carbocycles. The molecule has 60 valence electrons. The van der Waals surface area contributed by atoms with Crippen LogP contribution >= 0.6 is 15.9 Å². The van der Waals surface area contributed by atoms with E-state index in [2.05, 4.69) is 15.9 Å². The normalized spacial score (nSPS) is 10.2. The van der Waals surface area contributed by atoms with Gasteiger partial charge in [0.25, 0.3) is 0 Å². The molecule has 2 N–H and O–H groups in total. The lowest BCUT2D eigenvalue weighted by Crippen LogP contribution is -2.02. The van der Waals surface area contributed by atoms with Crippen LogP contribution in [0.2, 0.25) is 0 Å². The van der Waals surface area contributed by atoms with E-state index in [0.717, 1.165) is 4.47 Å². The molecule has 0 amide bonds. The summed E-state index contributed by atoms with van der Waals surface area (Å²) in [4.78, 5) is 0. The first kappa shape index (κ1) is 8.68. The van der Waals surface area contributed by atoms with Gasteiger partial charge in [-0.15, -0.1) is 0 Å². The fraction of sp³-hybridized carbons (Fsp3) is 0.250. The minimum Gasteiger partial charge on any atom is -0.326 e. The van der Waals surface area contributed by atoms with E-state index in [4.69, 9.17) is 5.73 Å². The first-order chi connectivity index (χ1) is 5.16. The highest BCUT2D eigenvalue weighted by atomic mass is 79.9. The monoisotopic (exact) mass is 217 g/mol. The van der Waals surface area contributed by atoms with Crippen molar-refractivity contribution in [2.45, 2.75) is 13.5 Å². The second-order valence-electron chi connectivity index (χ2n) is 2.36. The highest BCUT2D eigenvalue weighted by Crippen LogP contribution is 2.21. The summed E-state index contributed by atoms with van der Waals surface area (Å²) in [6.07, 6.45) is 0. The van der Waals surface area contributed by atoms with Gasteiger partial charge >= 0.3 is 0 Å². The van der Waals surface area contributed by atoms with E-state index in [1.807, 2.05) is 0 Å². The Balaban J connectivity index is 3.29. The number of hydrogen-bond acceptors (Lipinski definition) is 1. The molecule has 3 heteroatoms. The lowest BCUT2D eigenvalue weighted by molar-refractivity contribution is 0.600.